The molecule has 0 unspecified atom stereocenters. The second-order valence-corrected chi connectivity index (χ2v) is 8.72. The number of nitrogens with zero attached hydrogens (tertiary/aromatic N) is 3. The van der Waals surface area contributed by atoms with Crippen LogP contribution in [-0.4, -0.2) is 39.6 Å². The number of carboxylic acid groups (broad SMARTS) is 1. The van der Waals surface area contributed by atoms with Gasteiger partial charge in [0.15, 0.2) is 5.13 Å². The normalized spacial score (nSPS) is 13.9. The van der Waals surface area contributed by atoms with Crippen molar-refractivity contribution < 1.29 is 14.7 Å². The average Bonchev–Trinajstić information content (AvgIpc) is 3.39. The molecule has 3 heterocycles. The largest absolute Gasteiger partial charge is 0.478 e. The highest BCUT2D eigenvalue weighted by Gasteiger charge is 2.17. The van der Waals surface area contributed by atoms with Crippen LogP contribution in [0.4, 0.5) is 5.13 Å². The first-order valence-electron chi connectivity index (χ1n) is 10.5. The van der Waals surface area contributed by atoms with Gasteiger partial charge in [-0.25, -0.2) is 9.78 Å². The standard InChI is InChI=1S/C23H26N4O3S/c1-16-11-20(21(28)24-12-17-5-7-18(8-6-17)22(29)30)27(13-16)14-19-15-31-23(25-19)26-9-3-2-4-10-26/h5-8,11,13,15H,2-4,9-10,12,14H2,1H3,(H,24,28)(H,29,30). The predicted octanol–water partition coefficient (Wildman–Crippen LogP) is 3.92. The van der Waals surface area contributed by atoms with Crippen LogP contribution in [-0.2, 0) is 13.1 Å². The van der Waals surface area contributed by atoms with E-state index in [1.54, 1.807) is 35.6 Å². The Hall–Kier alpha value is -3.13. The number of benzene rings is 1. The van der Waals surface area contributed by atoms with Crippen molar-refractivity contribution in [2.75, 3.05) is 18.0 Å². The average molecular weight is 439 g/mol. The number of amides is 1. The third kappa shape index (κ3) is 5.14. The molecular weight excluding hydrogens is 412 g/mol. The Morgan fingerprint density at radius 2 is 1.90 bits per heavy atom. The van der Waals surface area contributed by atoms with E-state index in [0.29, 0.717) is 18.8 Å². The summed E-state index contributed by atoms with van der Waals surface area (Å²) in [6.45, 7) is 4.98. The molecule has 0 saturated carbocycles. The third-order valence-electron chi connectivity index (χ3n) is 5.42. The molecule has 8 heteroatoms. The smallest absolute Gasteiger partial charge is 0.335 e. The molecule has 0 spiro atoms. The van der Waals surface area contributed by atoms with Gasteiger partial charge in [-0.2, -0.15) is 0 Å². The molecule has 3 aromatic rings. The Kier molecular flexibility index (Phi) is 6.36. The Morgan fingerprint density at radius 3 is 2.61 bits per heavy atom. The fourth-order valence-corrected chi connectivity index (χ4v) is 4.66. The van der Waals surface area contributed by atoms with E-state index >= 15 is 0 Å². The van der Waals surface area contributed by atoms with Gasteiger partial charge in [-0.15, -0.1) is 11.3 Å². The summed E-state index contributed by atoms with van der Waals surface area (Å²) in [5, 5.41) is 15.1. The van der Waals surface area contributed by atoms with Gasteiger partial charge in [-0.1, -0.05) is 12.1 Å². The topological polar surface area (TPSA) is 87.5 Å². The van der Waals surface area contributed by atoms with Crippen LogP contribution >= 0.6 is 11.3 Å². The van der Waals surface area contributed by atoms with Crippen molar-refractivity contribution in [3.63, 3.8) is 0 Å². The molecule has 7 nitrogen and oxygen atoms in total. The SMILES string of the molecule is Cc1cc(C(=O)NCc2ccc(C(=O)O)cc2)n(Cc2csc(N3CCCCC3)n2)c1. The molecule has 0 bridgehead atoms. The summed E-state index contributed by atoms with van der Waals surface area (Å²) < 4.78 is 1.94. The van der Waals surface area contributed by atoms with E-state index in [1.807, 2.05) is 23.8 Å². The predicted molar refractivity (Wildman–Crippen MR) is 121 cm³/mol. The second-order valence-electron chi connectivity index (χ2n) is 7.88. The number of piperidine rings is 1. The number of nitrogens with one attached hydrogen (secondary N) is 1. The Balaban J connectivity index is 1.41. The molecule has 1 fully saturated rings. The number of aromatic carboxylic acids is 1. The molecule has 1 saturated heterocycles. The van der Waals surface area contributed by atoms with Crippen LogP contribution in [0.25, 0.3) is 0 Å². The molecule has 1 aliphatic rings. The van der Waals surface area contributed by atoms with Crippen LogP contribution in [0.2, 0.25) is 0 Å². The van der Waals surface area contributed by atoms with Gasteiger partial charge in [0.2, 0.25) is 0 Å². The summed E-state index contributed by atoms with van der Waals surface area (Å²) in [6.07, 6.45) is 5.69. The third-order valence-corrected chi connectivity index (χ3v) is 6.37. The number of thiazole rings is 1. The summed E-state index contributed by atoms with van der Waals surface area (Å²) in [5.41, 5.74) is 3.64. The Morgan fingerprint density at radius 1 is 1.16 bits per heavy atom. The van der Waals surface area contributed by atoms with E-state index in [-0.39, 0.29) is 11.5 Å². The summed E-state index contributed by atoms with van der Waals surface area (Å²) >= 11 is 1.67. The first kappa shape index (κ1) is 21.1. The molecule has 0 atom stereocenters. The number of carbonyl (C=O) groups excluding carboxylic acids is 1. The Bertz CT molecular complexity index is 1060. The van der Waals surface area contributed by atoms with Crippen LogP contribution in [0.5, 0.6) is 0 Å². The zero-order valence-corrected chi connectivity index (χ0v) is 18.3. The van der Waals surface area contributed by atoms with E-state index in [9.17, 15) is 9.59 Å². The number of anilines is 1. The highest BCUT2D eigenvalue weighted by molar-refractivity contribution is 7.13. The van der Waals surface area contributed by atoms with Gasteiger partial charge < -0.3 is 19.9 Å². The lowest BCUT2D eigenvalue weighted by Crippen LogP contribution is -2.29. The molecule has 1 aromatic carbocycles. The van der Waals surface area contributed by atoms with E-state index in [0.717, 1.165) is 35.0 Å². The monoisotopic (exact) mass is 438 g/mol. The van der Waals surface area contributed by atoms with Crippen molar-refractivity contribution in [2.45, 2.75) is 39.3 Å². The van der Waals surface area contributed by atoms with Crippen LogP contribution in [0.15, 0.2) is 41.9 Å². The van der Waals surface area contributed by atoms with Crippen LogP contribution in [0.3, 0.4) is 0 Å². The quantitative estimate of drug-likeness (QED) is 0.584. The van der Waals surface area contributed by atoms with Crippen LogP contribution < -0.4 is 10.2 Å². The molecule has 2 N–H and O–H groups in total. The van der Waals surface area contributed by atoms with E-state index in [4.69, 9.17) is 10.1 Å². The number of carbonyl (C=O) groups is 2. The second kappa shape index (κ2) is 9.34. The van der Waals surface area contributed by atoms with Crippen molar-refractivity contribution in [3.8, 4) is 0 Å². The molecule has 1 aliphatic heterocycles. The number of carboxylic acids is 1. The molecule has 4 rings (SSSR count). The fraction of sp³-hybridized carbons (Fsp3) is 0.348. The van der Waals surface area contributed by atoms with Crippen molar-refractivity contribution in [1.29, 1.82) is 0 Å². The number of aryl methyl sites for hydroxylation is 1. The fourth-order valence-electron chi connectivity index (χ4n) is 3.79. The first-order valence-corrected chi connectivity index (χ1v) is 11.3. The lowest BCUT2D eigenvalue weighted by molar-refractivity contribution is 0.0696. The molecule has 1 amide bonds. The van der Waals surface area contributed by atoms with Crippen molar-refractivity contribution in [2.24, 2.45) is 0 Å². The molecule has 2 aromatic heterocycles. The number of hydrogen-bond acceptors (Lipinski definition) is 5. The van der Waals surface area contributed by atoms with Gasteiger partial charge in [0.1, 0.15) is 5.69 Å². The summed E-state index contributed by atoms with van der Waals surface area (Å²) in [4.78, 5) is 30.9. The van der Waals surface area contributed by atoms with Gasteiger partial charge in [0.25, 0.3) is 5.91 Å². The van der Waals surface area contributed by atoms with Crippen molar-refractivity contribution in [3.05, 3.63) is 70.0 Å². The van der Waals surface area contributed by atoms with E-state index < -0.39 is 5.97 Å². The maximum atomic E-state index is 12.8. The van der Waals surface area contributed by atoms with Gasteiger partial charge in [-0.3, -0.25) is 4.79 Å². The van der Waals surface area contributed by atoms with Gasteiger partial charge >= 0.3 is 5.97 Å². The minimum absolute atomic E-state index is 0.165. The molecule has 162 valence electrons. The lowest BCUT2D eigenvalue weighted by atomic mass is 10.1. The number of rotatable bonds is 7. The van der Waals surface area contributed by atoms with Crippen molar-refractivity contribution in [1.82, 2.24) is 14.9 Å². The first-order chi connectivity index (χ1) is 15.0. The van der Waals surface area contributed by atoms with Crippen molar-refractivity contribution >= 4 is 28.3 Å². The highest BCUT2D eigenvalue weighted by atomic mass is 32.1. The maximum absolute atomic E-state index is 12.8. The molecule has 0 radical (unpaired) electrons. The van der Waals surface area contributed by atoms with Gasteiger partial charge in [0.05, 0.1) is 17.8 Å². The molecule has 31 heavy (non-hydrogen) atoms. The lowest BCUT2D eigenvalue weighted by Gasteiger charge is -2.25. The zero-order chi connectivity index (χ0) is 21.8. The molecule has 0 aliphatic carbocycles. The summed E-state index contributed by atoms with van der Waals surface area (Å²) in [7, 11) is 0. The van der Waals surface area contributed by atoms with E-state index in [2.05, 4.69) is 15.6 Å². The minimum atomic E-state index is -0.964. The van der Waals surface area contributed by atoms with Crippen LogP contribution in [0.1, 0.15) is 56.9 Å². The van der Waals surface area contributed by atoms with Crippen LogP contribution in [0, 0.1) is 6.92 Å². The zero-order valence-electron chi connectivity index (χ0n) is 17.5. The molecular formula is C23H26N4O3S. The number of aromatic nitrogens is 2. The van der Waals surface area contributed by atoms with E-state index in [1.165, 1.54) is 19.3 Å². The Labute approximate surface area is 185 Å². The maximum Gasteiger partial charge on any atom is 0.335 e. The summed E-state index contributed by atoms with van der Waals surface area (Å²) in [6, 6.07) is 8.38. The van der Waals surface area contributed by atoms with Gasteiger partial charge in [0, 0.05) is 31.2 Å². The number of hydrogen-bond donors (Lipinski definition) is 2. The highest BCUT2D eigenvalue weighted by Crippen LogP contribution is 2.25. The van der Waals surface area contributed by atoms with Gasteiger partial charge in [-0.05, 0) is 55.5 Å². The summed E-state index contributed by atoms with van der Waals surface area (Å²) in [5.74, 6) is -1.13. The minimum Gasteiger partial charge on any atom is -0.478 e.